The largest absolute Gasteiger partial charge is 0.485 e. The van der Waals surface area contributed by atoms with Crippen molar-refractivity contribution >= 4 is 11.9 Å². The van der Waals surface area contributed by atoms with Gasteiger partial charge in [-0.2, -0.15) is 0 Å². The monoisotopic (exact) mass is 317 g/mol. The number of hydrogen-bond acceptors (Lipinski definition) is 5. The number of hydrogen-bond donors (Lipinski definition) is 2. The Morgan fingerprint density at radius 2 is 2.04 bits per heavy atom. The van der Waals surface area contributed by atoms with Gasteiger partial charge in [0.15, 0.2) is 11.5 Å². The van der Waals surface area contributed by atoms with E-state index in [1.165, 1.54) is 6.07 Å². The molecule has 0 bridgehead atoms. The third kappa shape index (κ3) is 3.13. The summed E-state index contributed by atoms with van der Waals surface area (Å²) in [7, 11) is 0. The zero-order chi connectivity index (χ0) is 16.4. The van der Waals surface area contributed by atoms with Crippen LogP contribution < -0.4 is 14.8 Å². The lowest BCUT2D eigenvalue weighted by molar-refractivity contribution is -0.130. The van der Waals surface area contributed by atoms with Gasteiger partial charge in [0.25, 0.3) is 5.91 Å². The summed E-state index contributed by atoms with van der Waals surface area (Å²) in [6, 6.07) is 8.50. The summed E-state index contributed by atoms with van der Waals surface area (Å²) in [5.41, 5.74) is 0.0837. The summed E-state index contributed by atoms with van der Waals surface area (Å²) in [6.07, 6.45) is -0.764. The molecule has 23 heavy (non-hydrogen) atoms. The number of ether oxygens (including phenoxy) is 2. The molecule has 7 nitrogen and oxygen atoms in total. The lowest BCUT2D eigenvalue weighted by Crippen LogP contribution is -2.43. The maximum absolute atomic E-state index is 12.1. The highest BCUT2D eigenvalue weighted by molar-refractivity contribution is 5.88. The summed E-state index contributed by atoms with van der Waals surface area (Å²) in [5.74, 6) is 0.360. The Morgan fingerprint density at radius 3 is 2.74 bits per heavy atom. The fourth-order valence-electron chi connectivity index (χ4n) is 2.28. The Hall–Kier alpha value is -2.96. The number of nitrogens with one attached hydrogen (secondary N) is 1. The zero-order valence-corrected chi connectivity index (χ0v) is 12.4. The molecule has 2 aromatic rings. The normalized spacial score (nSPS) is 16.0. The maximum Gasteiger partial charge on any atom is 0.339 e. The second-order valence-electron chi connectivity index (χ2n) is 5.07. The Labute approximate surface area is 131 Å². The minimum atomic E-state index is -1.07. The molecule has 1 atom stereocenters. The molecule has 120 valence electrons. The highest BCUT2D eigenvalue weighted by atomic mass is 16.6. The topological polar surface area (TPSA) is 98.0 Å². The van der Waals surface area contributed by atoms with E-state index >= 15 is 0 Å². The number of carbonyl (C=O) groups excluding carboxylic acids is 1. The van der Waals surface area contributed by atoms with Crippen LogP contribution in [0.1, 0.15) is 21.9 Å². The van der Waals surface area contributed by atoms with Crippen LogP contribution in [0.3, 0.4) is 0 Å². The van der Waals surface area contributed by atoms with Gasteiger partial charge < -0.3 is 24.3 Å². The Kier molecular flexibility index (Phi) is 3.92. The van der Waals surface area contributed by atoms with Crippen molar-refractivity contribution in [3.63, 3.8) is 0 Å². The van der Waals surface area contributed by atoms with E-state index in [2.05, 4.69) is 5.32 Å². The van der Waals surface area contributed by atoms with Crippen LogP contribution in [0.15, 0.2) is 34.7 Å². The molecule has 2 N–H and O–H groups in total. The van der Waals surface area contributed by atoms with Crippen molar-refractivity contribution < 1.29 is 28.6 Å². The number of furan rings is 1. The number of amides is 1. The number of carbonyl (C=O) groups is 2. The van der Waals surface area contributed by atoms with Crippen molar-refractivity contribution in [1.82, 2.24) is 5.32 Å². The molecule has 0 spiro atoms. The first-order valence-corrected chi connectivity index (χ1v) is 7.03. The predicted molar refractivity (Wildman–Crippen MR) is 78.6 cm³/mol. The zero-order valence-electron chi connectivity index (χ0n) is 12.4. The van der Waals surface area contributed by atoms with Gasteiger partial charge in [-0.05, 0) is 25.1 Å². The number of carboxylic acids is 1. The van der Waals surface area contributed by atoms with Crippen LogP contribution >= 0.6 is 0 Å². The van der Waals surface area contributed by atoms with Crippen molar-refractivity contribution in [1.29, 1.82) is 0 Å². The highest BCUT2D eigenvalue weighted by Gasteiger charge is 2.27. The van der Waals surface area contributed by atoms with Crippen LogP contribution in [0.4, 0.5) is 0 Å². The Morgan fingerprint density at radius 1 is 1.30 bits per heavy atom. The summed E-state index contributed by atoms with van der Waals surface area (Å²) in [5, 5.41) is 11.6. The quantitative estimate of drug-likeness (QED) is 0.891. The summed E-state index contributed by atoms with van der Waals surface area (Å²) < 4.78 is 16.4. The van der Waals surface area contributed by atoms with Gasteiger partial charge in [-0.3, -0.25) is 4.79 Å². The average molecular weight is 317 g/mol. The molecule has 0 saturated carbocycles. The molecule has 0 radical (unpaired) electrons. The van der Waals surface area contributed by atoms with Crippen molar-refractivity contribution in [2.45, 2.75) is 19.6 Å². The van der Waals surface area contributed by atoms with Crippen molar-refractivity contribution in [3.8, 4) is 11.5 Å². The number of carboxylic acid groups (broad SMARTS) is 1. The molecular formula is C16H15NO6. The second kappa shape index (κ2) is 6.04. The molecular weight excluding hydrogens is 302 g/mol. The van der Waals surface area contributed by atoms with Crippen LogP contribution in [-0.2, 0) is 11.3 Å². The number of para-hydroxylation sites is 2. The van der Waals surface area contributed by atoms with Gasteiger partial charge in [0.1, 0.15) is 23.7 Å². The van der Waals surface area contributed by atoms with Gasteiger partial charge >= 0.3 is 5.97 Å². The fourth-order valence-corrected chi connectivity index (χ4v) is 2.28. The van der Waals surface area contributed by atoms with E-state index in [1.54, 1.807) is 25.1 Å². The number of aromatic carboxylic acids is 1. The third-order valence-electron chi connectivity index (χ3n) is 3.44. The minimum absolute atomic E-state index is 0.0778. The molecule has 0 fully saturated rings. The molecule has 1 aromatic carbocycles. The van der Waals surface area contributed by atoms with E-state index in [0.29, 0.717) is 23.0 Å². The predicted octanol–water partition coefficient (Wildman–Crippen LogP) is 1.74. The van der Waals surface area contributed by atoms with E-state index in [9.17, 15) is 9.59 Å². The molecule has 2 heterocycles. The number of benzene rings is 1. The van der Waals surface area contributed by atoms with Gasteiger partial charge in [0.2, 0.25) is 6.10 Å². The number of rotatable bonds is 4. The minimum Gasteiger partial charge on any atom is -0.485 e. The first kappa shape index (κ1) is 15.0. The molecule has 1 aliphatic heterocycles. The van der Waals surface area contributed by atoms with E-state index in [0.717, 1.165) is 0 Å². The van der Waals surface area contributed by atoms with E-state index < -0.39 is 12.1 Å². The lowest BCUT2D eigenvalue weighted by atomic mass is 10.2. The van der Waals surface area contributed by atoms with Crippen molar-refractivity contribution in [3.05, 3.63) is 47.4 Å². The molecule has 3 rings (SSSR count). The Balaban J connectivity index is 1.60. The number of aryl methyl sites for hydroxylation is 1. The van der Waals surface area contributed by atoms with E-state index in [-0.39, 0.29) is 24.6 Å². The van der Waals surface area contributed by atoms with Crippen LogP contribution in [-0.4, -0.2) is 29.7 Å². The van der Waals surface area contributed by atoms with Crippen molar-refractivity contribution in [2.24, 2.45) is 0 Å². The van der Waals surface area contributed by atoms with Crippen LogP contribution in [0.25, 0.3) is 0 Å². The SMILES string of the molecule is Cc1oc(CNC(=O)[C@H]2COc3ccccc3O2)cc1C(=O)O. The van der Waals surface area contributed by atoms with Gasteiger partial charge in [-0.25, -0.2) is 4.79 Å². The van der Waals surface area contributed by atoms with Crippen LogP contribution in [0.5, 0.6) is 11.5 Å². The lowest BCUT2D eigenvalue weighted by Gasteiger charge is -2.25. The van der Waals surface area contributed by atoms with Crippen LogP contribution in [0.2, 0.25) is 0 Å². The molecule has 1 aromatic heterocycles. The molecule has 0 aliphatic carbocycles. The molecule has 1 aliphatic rings. The second-order valence-corrected chi connectivity index (χ2v) is 5.07. The van der Waals surface area contributed by atoms with E-state index in [4.69, 9.17) is 19.0 Å². The Bertz CT molecular complexity index is 751. The van der Waals surface area contributed by atoms with E-state index in [1.807, 2.05) is 6.07 Å². The molecule has 0 saturated heterocycles. The molecule has 1 amide bonds. The summed E-state index contributed by atoms with van der Waals surface area (Å²) in [4.78, 5) is 23.1. The molecule has 0 unspecified atom stereocenters. The average Bonchev–Trinajstić information content (AvgIpc) is 2.93. The first-order valence-electron chi connectivity index (χ1n) is 7.03. The van der Waals surface area contributed by atoms with Crippen molar-refractivity contribution in [2.75, 3.05) is 6.61 Å². The van der Waals surface area contributed by atoms with Gasteiger partial charge in [0, 0.05) is 0 Å². The fraction of sp³-hybridized carbons (Fsp3) is 0.250. The summed E-state index contributed by atoms with van der Waals surface area (Å²) >= 11 is 0. The summed E-state index contributed by atoms with van der Waals surface area (Å²) in [6.45, 7) is 1.75. The first-order chi connectivity index (χ1) is 11.0. The smallest absolute Gasteiger partial charge is 0.339 e. The van der Waals surface area contributed by atoms with Gasteiger partial charge in [-0.1, -0.05) is 12.1 Å². The highest BCUT2D eigenvalue weighted by Crippen LogP contribution is 2.30. The molecule has 7 heteroatoms. The van der Waals surface area contributed by atoms with Gasteiger partial charge in [0.05, 0.1) is 6.54 Å². The third-order valence-corrected chi connectivity index (χ3v) is 3.44. The number of fused-ring (bicyclic) bond motifs is 1. The maximum atomic E-state index is 12.1. The van der Waals surface area contributed by atoms with Crippen LogP contribution in [0, 0.1) is 6.92 Å². The standard InChI is InChI=1S/C16H15NO6/c1-9-11(16(19)20)6-10(22-9)7-17-15(18)14-8-21-12-4-2-3-5-13(12)23-14/h2-6,14H,7-8H2,1H3,(H,17,18)(H,19,20)/t14-/m1/s1. The van der Waals surface area contributed by atoms with Gasteiger partial charge in [-0.15, -0.1) is 0 Å².